The second-order valence-electron chi connectivity index (χ2n) is 18.0. The number of halogens is 1. The number of ether oxygens (including phenoxy) is 2. The largest absolute Gasteiger partial charge is 0.486 e. The minimum Gasteiger partial charge on any atom is -0.486 e. The molecule has 1 amide bonds. The molecular weight excluding hydrogens is 784 g/mol. The molecule has 3 aliphatic carbocycles. The summed E-state index contributed by atoms with van der Waals surface area (Å²) in [5, 5.41) is 9.61. The van der Waals surface area contributed by atoms with Crippen molar-refractivity contribution in [2.45, 2.75) is 89.9 Å². The van der Waals surface area contributed by atoms with Gasteiger partial charge in [0.05, 0.1) is 23.2 Å². The summed E-state index contributed by atoms with van der Waals surface area (Å²) in [5.74, 6) is -5.90. The highest BCUT2D eigenvalue weighted by atomic mass is 28.4. The molecule has 0 radical (unpaired) electrons. The second-order valence-corrected chi connectivity index (χ2v) is 22.7. The number of nitrogens with zero attached hydrogens (tertiary/aromatic N) is 2. The first-order valence-electron chi connectivity index (χ1n) is 20.5. The second kappa shape index (κ2) is 16.4. The predicted molar refractivity (Wildman–Crippen MR) is 226 cm³/mol. The molecule has 12 nitrogen and oxygen atoms in total. The number of benzene rings is 3. The van der Waals surface area contributed by atoms with Crippen LogP contribution in [0.25, 0.3) is 0 Å². The van der Waals surface area contributed by atoms with Gasteiger partial charge in [-0.25, -0.2) is 4.39 Å². The van der Waals surface area contributed by atoms with Crippen molar-refractivity contribution < 1.29 is 42.0 Å². The number of hydrogen-bond acceptors (Lipinski definition) is 11. The van der Waals surface area contributed by atoms with Gasteiger partial charge in [0.2, 0.25) is 11.7 Å². The Bertz CT molecular complexity index is 2310. The van der Waals surface area contributed by atoms with Crippen LogP contribution in [0.5, 0.6) is 11.6 Å². The lowest BCUT2D eigenvalue weighted by Crippen LogP contribution is -2.70. The minimum atomic E-state index is -3.02. The van der Waals surface area contributed by atoms with E-state index in [4.69, 9.17) is 18.4 Å². The van der Waals surface area contributed by atoms with Gasteiger partial charge in [0, 0.05) is 24.0 Å². The summed E-state index contributed by atoms with van der Waals surface area (Å²) in [6.45, 7) is 11.8. The van der Waals surface area contributed by atoms with E-state index in [1.165, 1.54) is 6.92 Å². The van der Waals surface area contributed by atoms with Crippen molar-refractivity contribution in [1.29, 1.82) is 0 Å². The summed E-state index contributed by atoms with van der Waals surface area (Å²) in [5.41, 5.74) is -0.281. The van der Waals surface area contributed by atoms with Crippen molar-refractivity contribution in [3.63, 3.8) is 0 Å². The van der Waals surface area contributed by atoms with Gasteiger partial charge < -0.3 is 29.1 Å². The van der Waals surface area contributed by atoms with Crippen molar-refractivity contribution >= 4 is 37.3 Å². The Morgan fingerprint density at radius 3 is 2.17 bits per heavy atom. The van der Waals surface area contributed by atoms with Crippen LogP contribution >= 0.6 is 0 Å². The number of likely N-dealkylation sites (N-methyl/N-ethyl adjacent to an activating group) is 1. The van der Waals surface area contributed by atoms with E-state index in [2.05, 4.69) is 15.8 Å². The quantitative estimate of drug-likeness (QED) is 0.102. The van der Waals surface area contributed by atoms with Crippen molar-refractivity contribution in [3.8, 4) is 11.6 Å². The maximum atomic E-state index is 17.2. The van der Waals surface area contributed by atoms with Crippen LogP contribution < -0.4 is 20.1 Å². The fourth-order valence-corrected chi connectivity index (χ4v) is 10.4. The summed E-state index contributed by atoms with van der Waals surface area (Å²) < 4.78 is 43.0. The van der Waals surface area contributed by atoms with E-state index in [1.807, 2.05) is 114 Å². The zero-order valence-corrected chi connectivity index (χ0v) is 36.9. The van der Waals surface area contributed by atoms with E-state index in [1.54, 1.807) is 7.05 Å². The smallest absolute Gasteiger partial charge is 0.265 e. The number of nitrogens with one attached hydrogen (secondary N) is 2. The van der Waals surface area contributed by atoms with Gasteiger partial charge in [-0.2, -0.15) is 0 Å². The molecule has 1 saturated carbocycles. The number of ketones is 3. The number of aromatic nitrogens is 1. The molecule has 60 heavy (non-hydrogen) atoms. The van der Waals surface area contributed by atoms with E-state index in [0.29, 0.717) is 6.54 Å². The number of amides is 1. The first-order valence-corrected chi connectivity index (χ1v) is 23.5. The van der Waals surface area contributed by atoms with E-state index in [9.17, 15) is 4.79 Å². The summed E-state index contributed by atoms with van der Waals surface area (Å²) >= 11 is 0. The molecule has 1 unspecified atom stereocenters. The molecule has 5 atom stereocenters. The lowest BCUT2D eigenvalue weighted by Gasteiger charge is -2.56. The van der Waals surface area contributed by atoms with Crippen LogP contribution in [0.4, 0.5) is 10.1 Å². The highest BCUT2D eigenvalue weighted by Crippen LogP contribution is 2.59. The zero-order valence-electron chi connectivity index (χ0n) is 35.9. The molecule has 3 aromatic carbocycles. The molecule has 4 aromatic rings. The normalized spacial score (nSPS) is 22.5. The number of hydrogen-bond donors (Lipinski definition) is 2. The van der Waals surface area contributed by atoms with Gasteiger partial charge in [-0.05, 0) is 87.3 Å². The number of anilines is 1. The van der Waals surface area contributed by atoms with Gasteiger partial charge in [0.1, 0.15) is 24.6 Å². The fraction of sp³-hybridized carbons (Fsp3) is 0.457. The van der Waals surface area contributed by atoms with Gasteiger partial charge in [0.25, 0.3) is 5.88 Å². The van der Waals surface area contributed by atoms with Gasteiger partial charge in [-0.1, -0.05) is 81.4 Å². The number of carbonyl (C=O) groups excluding carboxylic acids is 4. The van der Waals surface area contributed by atoms with Crippen LogP contribution in [-0.2, 0) is 40.1 Å². The molecule has 0 aliphatic heterocycles. The molecule has 0 bridgehead atoms. The Hall–Kier alpha value is -5.02. The van der Waals surface area contributed by atoms with Crippen LogP contribution in [0.2, 0.25) is 18.1 Å². The maximum absolute atomic E-state index is 17.2. The third-order valence-corrected chi connectivity index (χ3v) is 17.3. The monoisotopic (exact) mass is 838 g/mol. The molecule has 1 heterocycles. The molecule has 3 aliphatic rings. The molecule has 1 aromatic heterocycles. The van der Waals surface area contributed by atoms with Crippen molar-refractivity contribution in [2.75, 3.05) is 33.0 Å². The Kier molecular flexibility index (Phi) is 11.8. The standard InChI is InChI=1S/C46H55FN4O8Si/c1-26(52)49-37-30(20-21-48-5)36(47)31-22-29-23-32-38(51(6)7)41-35(44(50-58-41)57-25-28-18-14-11-15-19-28)43(55)46(32,59-60(8,9)45(2,3)4)42(54)33(29)39(53)34(31)40(37)56-24-27-16-12-10-13-17-27/h10-19,29,32-33,38,48H,20-25H2,1-9H3,(H,49,52)/t29-,32-,33?,38-,46-/m0/s1. The first kappa shape index (κ1) is 43.1. The molecule has 1 fully saturated rings. The SMILES string of the molecule is CNCCc1c(F)c2c(c(OCc3ccccc3)c1NC(C)=O)C(=O)C1C(=O)[C@]3(O[Si](C)(C)C(C)(C)C)C(=O)c4c(OCc5ccccc5)noc4[C@@H](N(C)C)[C@@H]3C[C@@H]1C2. The molecule has 7 rings (SSSR count). The average Bonchev–Trinajstić information content (AvgIpc) is 3.61. The van der Waals surface area contributed by atoms with Gasteiger partial charge in [-0.15, -0.1) is 0 Å². The van der Waals surface area contributed by atoms with Crippen molar-refractivity contribution in [3.05, 3.63) is 106 Å². The van der Waals surface area contributed by atoms with Crippen molar-refractivity contribution in [1.82, 2.24) is 15.4 Å². The number of fused-ring (bicyclic) bond motifs is 4. The Morgan fingerprint density at radius 1 is 0.983 bits per heavy atom. The predicted octanol–water partition coefficient (Wildman–Crippen LogP) is 7.51. The molecule has 318 valence electrons. The van der Waals surface area contributed by atoms with E-state index < -0.39 is 71.8 Å². The zero-order chi connectivity index (χ0) is 43.3. The highest BCUT2D eigenvalue weighted by molar-refractivity contribution is 6.74. The lowest BCUT2D eigenvalue weighted by atomic mass is 9.54. The molecule has 0 saturated heterocycles. The highest BCUT2D eigenvalue weighted by Gasteiger charge is 2.70. The van der Waals surface area contributed by atoms with Crippen LogP contribution in [0.3, 0.4) is 0 Å². The average molecular weight is 839 g/mol. The summed E-state index contributed by atoms with van der Waals surface area (Å²) in [6.07, 6.45) is 0.345. The molecule has 14 heteroatoms. The van der Waals surface area contributed by atoms with Crippen LogP contribution in [0.15, 0.2) is 65.2 Å². The van der Waals surface area contributed by atoms with Crippen LogP contribution in [-0.4, -0.2) is 74.9 Å². The van der Waals surface area contributed by atoms with E-state index >= 15 is 18.8 Å². The third kappa shape index (κ3) is 7.41. The number of carbonyl (C=O) groups is 4. The number of rotatable bonds is 13. The van der Waals surface area contributed by atoms with Crippen molar-refractivity contribution in [2.24, 2.45) is 17.8 Å². The van der Waals surface area contributed by atoms with Gasteiger partial charge in [0.15, 0.2) is 37.0 Å². The van der Waals surface area contributed by atoms with Gasteiger partial charge >= 0.3 is 0 Å². The first-order chi connectivity index (χ1) is 28.4. The van der Waals surface area contributed by atoms with Crippen LogP contribution in [0, 0.1) is 23.6 Å². The maximum Gasteiger partial charge on any atom is 0.265 e. The minimum absolute atomic E-state index is 0.00218. The Morgan fingerprint density at radius 2 is 1.60 bits per heavy atom. The molecule has 2 N–H and O–H groups in total. The molecular formula is C46H55FN4O8Si. The summed E-state index contributed by atoms with van der Waals surface area (Å²) in [6, 6.07) is 18.0. The Labute approximate surface area is 351 Å². The summed E-state index contributed by atoms with van der Waals surface area (Å²) in [4.78, 5) is 61.6. The fourth-order valence-electron chi connectivity index (χ4n) is 8.97. The Balaban J connectivity index is 1.42. The van der Waals surface area contributed by atoms with E-state index in [0.717, 1.165) is 11.1 Å². The molecule has 0 spiro atoms. The lowest BCUT2D eigenvalue weighted by molar-refractivity contribution is -0.151. The van der Waals surface area contributed by atoms with E-state index in [-0.39, 0.29) is 77.8 Å². The number of Topliss-reactive ketones (excluding diaryl/α,β-unsaturated/α-hetero) is 3. The van der Waals surface area contributed by atoms with Gasteiger partial charge in [-0.3, -0.25) is 24.1 Å². The van der Waals surface area contributed by atoms with Crippen LogP contribution in [0.1, 0.15) is 88.9 Å². The summed E-state index contributed by atoms with van der Waals surface area (Å²) in [7, 11) is 2.39. The topological polar surface area (TPSA) is 149 Å². The third-order valence-electron chi connectivity index (χ3n) is 12.8.